The second-order valence-electron chi connectivity index (χ2n) is 3.48. The van der Waals surface area contributed by atoms with Crippen molar-refractivity contribution in [3.8, 4) is 17.6 Å². The van der Waals surface area contributed by atoms with Crippen molar-refractivity contribution in [3.63, 3.8) is 0 Å². The van der Waals surface area contributed by atoms with Gasteiger partial charge in [-0.3, -0.25) is 0 Å². The molecular formula is C14H17ClO2. The van der Waals surface area contributed by atoms with E-state index in [9.17, 15) is 0 Å². The number of ether oxygens (including phenoxy) is 2. The van der Waals surface area contributed by atoms with Gasteiger partial charge in [-0.2, -0.15) is 0 Å². The molecule has 17 heavy (non-hydrogen) atoms. The van der Waals surface area contributed by atoms with Crippen LogP contribution in [-0.4, -0.2) is 25.7 Å². The summed E-state index contributed by atoms with van der Waals surface area (Å²) in [6.45, 7) is 5.81. The van der Waals surface area contributed by atoms with E-state index in [-0.39, 0.29) is 0 Å². The molecular weight excluding hydrogens is 236 g/mol. The summed E-state index contributed by atoms with van der Waals surface area (Å²) in [4.78, 5) is 0. The highest BCUT2D eigenvalue weighted by atomic mass is 35.5. The van der Waals surface area contributed by atoms with Crippen LogP contribution in [0.4, 0.5) is 0 Å². The topological polar surface area (TPSA) is 18.5 Å². The van der Waals surface area contributed by atoms with E-state index >= 15 is 0 Å². The molecule has 0 fully saturated rings. The SMILES string of the molecule is CCOCCOc1ccc(C)cc1C#CCCl. The highest BCUT2D eigenvalue weighted by Gasteiger charge is 2.01. The van der Waals surface area contributed by atoms with Crippen LogP contribution in [0.3, 0.4) is 0 Å². The molecule has 1 aromatic rings. The molecule has 0 saturated heterocycles. The molecule has 1 rings (SSSR count). The predicted octanol–water partition coefficient (Wildman–Crippen LogP) is 3.00. The lowest BCUT2D eigenvalue weighted by Crippen LogP contribution is -2.07. The van der Waals surface area contributed by atoms with Gasteiger partial charge in [0.25, 0.3) is 0 Å². The fourth-order valence-corrected chi connectivity index (χ4v) is 1.42. The summed E-state index contributed by atoms with van der Waals surface area (Å²) in [5, 5.41) is 0. The van der Waals surface area contributed by atoms with Gasteiger partial charge in [-0.05, 0) is 31.5 Å². The smallest absolute Gasteiger partial charge is 0.135 e. The summed E-state index contributed by atoms with van der Waals surface area (Å²) in [7, 11) is 0. The van der Waals surface area contributed by atoms with Gasteiger partial charge in [0.05, 0.1) is 18.1 Å². The number of hydrogen-bond acceptors (Lipinski definition) is 2. The average molecular weight is 253 g/mol. The van der Waals surface area contributed by atoms with Gasteiger partial charge in [-0.15, -0.1) is 11.6 Å². The van der Waals surface area contributed by atoms with Crippen molar-refractivity contribution in [2.24, 2.45) is 0 Å². The van der Waals surface area contributed by atoms with Gasteiger partial charge in [0.2, 0.25) is 0 Å². The van der Waals surface area contributed by atoms with Crippen molar-refractivity contribution >= 4 is 11.6 Å². The van der Waals surface area contributed by atoms with E-state index in [1.54, 1.807) is 0 Å². The van der Waals surface area contributed by atoms with Crippen LogP contribution in [0.5, 0.6) is 5.75 Å². The van der Waals surface area contributed by atoms with E-state index < -0.39 is 0 Å². The monoisotopic (exact) mass is 252 g/mol. The average Bonchev–Trinajstić information content (AvgIpc) is 2.34. The van der Waals surface area contributed by atoms with Gasteiger partial charge in [0, 0.05) is 6.61 Å². The van der Waals surface area contributed by atoms with Crippen LogP contribution >= 0.6 is 11.6 Å². The van der Waals surface area contributed by atoms with Crippen LogP contribution in [0, 0.1) is 18.8 Å². The Morgan fingerprint density at radius 1 is 1.29 bits per heavy atom. The predicted molar refractivity (Wildman–Crippen MR) is 70.8 cm³/mol. The van der Waals surface area contributed by atoms with Crippen LogP contribution in [0.15, 0.2) is 18.2 Å². The number of aryl methyl sites for hydroxylation is 1. The number of benzene rings is 1. The minimum Gasteiger partial charge on any atom is -0.490 e. The molecule has 0 saturated carbocycles. The first-order valence-electron chi connectivity index (χ1n) is 5.64. The number of alkyl halides is 1. The Kier molecular flexibility index (Phi) is 6.54. The molecule has 0 heterocycles. The van der Waals surface area contributed by atoms with E-state index in [4.69, 9.17) is 21.1 Å². The molecule has 0 N–H and O–H groups in total. The minimum atomic E-state index is 0.326. The second kappa shape index (κ2) is 8.00. The third-order valence-corrected chi connectivity index (χ3v) is 2.25. The van der Waals surface area contributed by atoms with Crippen molar-refractivity contribution in [1.82, 2.24) is 0 Å². The summed E-state index contributed by atoms with van der Waals surface area (Å²) in [5.41, 5.74) is 2.03. The van der Waals surface area contributed by atoms with Crippen molar-refractivity contribution < 1.29 is 9.47 Å². The van der Waals surface area contributed by atoms with Crippen LogP contribution < -0.4 is 4.74 Å². The molecule has 0 aromatic heterocycles. The fraction of sp³-hybridized carbons (Fsp3) is 0.429. The summed E-state index contributed by atoms with van der Waals surface area (Å²) in [6.07, 6.45) is 0. The highest BCUT2D eigenvalue weighted by Crippen LogP contribution is 2.18. The summed E-state index contributed by atoms with van der Waals surface area (Å²) in [6, 6.07) is 5.93. The van der Waals surface area contributed by atoms with Gasteiger partial charge in [0.1, 0.15) is 12.4 Å². The number of rotatable bonds is 5. The minimum absolute atomic E-state index is 0.326. The molecule has 92 valence electrons. The molecule has 2 nitrogen and oxygen atoms in total. The first kappa shape index (κ1) is 13.9. The zero-order chi connectivity index (χ0) is 12.5. The van der Waals surface area contributed by atoms with Crippen molar-refractivity contribution in [3.05, 3.63) is 29.3 Å². The molecule has 0 amide bonds. The zero-order valence-corrected chi connectivity index (χ0v) is 11.0. The maximum atomic E-state index is 5.62. The maximum absolute atomic E-state index is 5.62. The Hall–Kier alpha value is -1.17. The standard InChI is InChI=1S/C14H17ClO2/c1-3-16-9-10-17-14-7-6-12(2)11-13(14)5-4-8-15/h6-7,11H,3,8-10H2,1-2H3. The molecule has 0 spiro atoms. The highest BCUT2D eigenvalue weighted by molar-refractivity contribution is 6.19. The van der Waals surface area contributed by atoms with Crippen LogP contribution in [0.1, 0.15) is 18.1 Å². The van der Waals surface area contributed by atoms with Gasteiger partial charge < -0.3 is 9.47 Å². The Morgan fingerprint density at radius 3 is 2.82 bits per heavy atom. The van der Waals surface area contributed by atoms with E-state index in [0.29, 0.717) is 25.7 Å². The van der Waals surface area contributed by atoms with Gasteiger partial charge >= 0.3 is 0 Å². The number of hydrogen-bond donors (Lipinski definition) is 0. The molecule has 0 unspecified atom stereocenters. The third-order valence-electron chi connectivity index (χ3n) is 2.11. The summed E-state index contributed by atoms with van der Waals surface area (Å²) < 4.78 is 10.8. The fourth-order valence-electron chi connectivity index (χ4n) is 1.35. The molecule has 0 radical (unpaired) electrons. The Balaban J connectivity index is 2.69. The first-order valence-corrected chi connectivity index (χ1v) is 6.17. The van der Waals surface area contributed by atoms with Crippen molar-refractivity contribution in [1.29, 1.82) is 0 Å². The summed E-state index contributed by atoms with van der Waals surface area (Å²) >= 11 is 5.55. The van der Waals surface area contributed by atoms with Crippen molar-refractivity contribution in [2.45, 2.75) is 13.8 Å². The largest absolute Gasteiger partial charge is 0.490 e. The molecule has 0 bridgehead atoms. The Bertz CT molecular complexity index is 404. The van der Waals surface area contributed by atoms with Crippen LogP contribution in [-0.2, 0) is 4.74 Å². The molecule has 0 aliphatic rings. The van der Waals surface area contributed by atoms with Crippen LogP contribution in [0.2, 0.25) is 0 Å². The van der Waals surface area contributed by atoms with Crippen LogP contribution in [0.25, 0.3) is 0 Å². The molecule has 3 heteroatoms. The molecule has 0 aliphatic carbocycles. The van der Waals surface area contributed by atoms with Gasteiger partial charge in [0.15, 0.2) is 0 Å². The lowest BCUT2D eigenvalue weighted by molar-refractivity contribution is 0.110. The summed E-state index contributed by atoms with van der Waals surface area (Å²) in [5.74, 6) is 6.95. The van der Waals surface area contributed by atoms with Crippen molar-refractivity contribution in [2.75, 3.05) is 25.7 Å². The quantitative estimate of drug-likeness (QED) is 0.456. The zero-order valence-electron chi connectivity index (χ0n) is 10.3. The van der Waals surface area contributed by atoms with E-state index in [0.717, 1.165) is 16.9 Å². The number of halogens is 1. The van der Waals surface area contributed by atoms with E-state index in [1.807, 2.05) is 32.0 Å². The van der Waals surface area contributed by atoms with E-state index in [2.05, 4.69) is 11.8 Å². The van der Waals surface area contributed by atoms with Gasteiger partial charge in [-0.1, -0.05) is 17.9 Å². The molecule has 1 aromatic carbocycles. The normalized spacial score (nSPS) is 9.59. The lowest BCUT2D eigenvalue weighted by Gasteiger charge is -2.08. The second-order valence-corrected chi connectivity index (χ2v) is 3.75. The van der Waals surface area contributed by atoms with E-state index in [1.165, 1.54) is 0 Å². The van der Waals surface area contributed by atoms with Gasteiger partial charge in [-0.25, -0.2) is 0 Å². The third kappa shape index (κ3) is 5.12. The first-order chi connectivity index (χ1) is 8.27. The molecule has 0 aliphatic heterocycles. The lowest BCUT2D eigenvalue weighted by atomic mass is 10.1. The maximum Gasteiger partial charge on any atom is 0.135 e. The Morgan fingerprint density at radius 2 is 2.12 bits per heavy atom. The molecule has 0 atom stereocenters. The Labute approximate surface area is 108 Å².